The molecule has 0 spiro atoms. The van der Waals surface area contributed by atoms with Gasteiger partial charge in [0, 0.05) is 26.3 Å². The van der Waals surface area contributed by atoms with Gasteiger partial charge in [-0.2, -0.15) is 0 Å². The fraction of sp³-hybridized carbons (Fsp3) is 0.412. The predicted molar refractivity (Wildman–Crippen MR) is 94.3 cm³/mol. The molecule has 0 atom stereocenters. The number of hydrogen-bond donors (Lipinski definition) is 1. The lowest BCUT2D eigenvalue weighted by Crippen LogP contribution is -2.12. The summed E-state index contributed by atoms with van der Waals surface area (Å²) in [6.07, 6.45) is 1.17. The summed E-state index contributed by atoms with van der Waals surface area (Å²) in [7, 11) is 0. The summed E-state index contributed by atoms with van der Waals surface area (Å²) in [5.74, 6) is 0.953. The van der Waals surface area contributed by atoms with E-state index in [-0.39, 0.29) is 0 Å². The molecule has 1 N–H and O–H groups in total. The number of nitrogens with one attached hydrogen (secondary N) is 1. The molecule has 0 aliphatic rings. The van der Waals surface area contributed by atoms with Crippen LogP contribution in [0.3, 0.4) is 0 Å². The number of rotatable bonds is 7. The van der Waals surface area contributed by atoms with Gasteiger partial charge in [0.2, 0.25) is 0 Å². The fourth-order valence-corrected chi connectivity index (χ4v) is 3.63. The van der Waals surface area contributed by atoms with Crippen LogP contribution in [0.1, 0.15) is 34.2 Å². The van der Waals surface area contributed by atoms with Gasteiger partial charge in [0.25, 0.3) is 0 Å². The zero-order chi connectivity index (χ0) is 15.2. The third kappa shape index (κ3) is 4.83. The number of ether oxygens (including phenoxy) is 1. The monoisotopic (exact) mass is 367 g/mol. The Morgan fingerprint density at radius 1 is 1.24 bits per heavy atom. The first-order valence-electron chi connectivity index (χ1n) is 7.28. The predicted octanol–water partition coefficient (Wildman–Crippen LogP) is 5.21. The Labute approximate surface area is 139 Å². The van der Waals surface area contributed by atoms with Crippen molar-refractivity contribution < 1.29 is 4.74 Å². The van der Waals surface area contributed by atoms with Crippen molar-refractivity contribution in [3.8, 4) is 5.75 Å². The van der Waals surface area contributed by atoms with Crippen LogP contribution in [0.25, 0.3) is 0 Å². The minimum absolute atomic E-state index is 0.637. The van der Waals surface area contributed by atoms with E-state index in [2.05, 4.69) is 54.2 Å². The molecule has 21 heavy (non-hydrogen) atoms. The molecule has 0 aliphatic carbocycles. The third-order valence-electron chi connectivity index (χ3n) is 3.32. The van der Waals surface area contributed by atoms with Gasteiger partial charge in [-0.25, -0.2) is 0 Å². The molecule has 0 unspecified atom stereocenters. The van der Waals surface area contributed by atoms with Crippen molar-refractivity contribution in [2.45, 2.75) is 40.3 Å². The average Bonchev–Trinajstić information content (AvgIpc) is 2.79. The van der Waals surface area contributed by atoms with Crippen LogP contribution in [0.4, 0.5) is 0 Å². The summed E-state index contributed by atoms with van der Waals surface area (Å²) in [6, 6.07) is 8.38. The van der Waals surface area contributed by atoms with Gasteiger partial charge in [-0.15, -0.1) is 11.3 Å². The molecule has 0 aliphatic heterocycles. The van der Waals surface area contributed by atoms with E-state index in [9.17, 15) is 0 Å². The van der Waals surface area contributed by atoms with Gasteiger partial charge >= 0.3 is 0 Å². The highest BCUT2D eigenvalue weighted by molar-refractivity contribution is 9.10. The molecule has 1 aromatic heterocycles. The molecule has 0 saturated carbocycles. The Morgan fingerprint density at radius 3 is 2.76 bits per heavy atom. The highest BCUT2D eigenvalue weighted by Crippen LogP contribution is 2.26. The summed E-state index contributed by atoms with van der Waals surface area (Å²) < 4.78 is 7.05. The maximum Gasteiger partial charge on any atom is 0.122 e. The van der Waals surface area contributed by atoms with Crippen LogP contribution >= 0.6 is 27.3 Å². The Morgan fingerprint density at radius 2 is 2.05 bits per heavy atom. The lowest BCUT2D eigenvalue weighted by molar-refractivity contribution is 0.304. The Bertz CT molecular complexity index is 594. The van der Waals surface area contributed by atoms with Crippen LogP contribution < -0.4 is 10.1 Å². The summed E-state index contributed by atoms with van der Waals surface area (Å²) in [4.78, 5) is 2.73. The van der Waals surface area contributed by atoms with Crippen molar-refractivity contribution in [1.82, 2.24) is 5.32 Å². The van der Waals surface area contributed by atoms with Crippen LogP contribution in [0, 0.1) is 13.8 Å². The van der Waals surface area contributed by atoms with Gasteiger partial charge in [-0.05, 0) is 56.6 Å². The maximum absolute atomic E-state index is 5.96. The van der Waals surface area contributed by atoms with Crippen molar-refractivity contribution in [2.24, 2.45) is 0 Å². The molecular weight excluding hydrogens is 346 g/mol. The zero-order valence-electron chi connectivity index (χ0n) is 12.8. The summed E-state index contributed by atoms with van der Waals surface area (Å²) >= 11 is 5.33. The summed E-state index contributed by atoms with van der Waals surface area (Å²) in [5.41, 5.74) is 2.44. The first-order chi connectivity index (χ1) is 10.1. The van der Waals surface area contributed by atoms with E-state index in [0.29, 0.717) is 6.61 Å². The average molecular weight is 368 g/mol. The molecule has 2 nitrogen and oxygen atoms in total. The molecule has 4 heteroatoms. The fourth-order valence-electron chi connectivity index (χ4n) is 2.14. The van der Waals surface area contributed by atoms with Crippen molar-refractivity contribution in [3.63, 3.8) is 0 Å². The van der Waals surface area contributed by atoms with Crippen molar-refractivity contribution in [1.29, 1.82) is 0 Å². The van der Waals surface area contributed by atoms with E-state index < -0.39 is 0 Å². The topological polar surface area (TPSA) is 21.3 Å². The highest BCUT2D eigenvalue weighted by Gasteiger charge is 2.07. The van der Waals surface area contributed by atoms with E-state index in [1.54, 1.807) is 0 Å². The van der Waals surface area contributed by atoms with Crippen molar-refractivity contribution in [2.75, 3.05) is 6.54 Å². The standard InChI is InChI=1S/C17H22BrNOS/c1-4-7-19-10-16-9-14(13(3)21-16)11-20-17-6-5-15(18)8-12(17)2/h5-6,8-9,19H,4,7,10-11H2,1-3H3. The van der Waals surface area contributed by atoms with Crippen LogP contribution in [0.15, 0.2) is 28.7 Å². The molecule has 2 rings (SSSR count). The molecule has 0 saturated heterocycles. The number of benzene rings is 1. The van der Waals surface area contributed by atoms with Gasteiger partial charge in [0.15, 0.2) is 0 Å². The molecule has 0 bridgehead atoms. The van der Waals surface area contributed by atoms with E-state index in [1.165, 1.54) is 21.7 Å². The number of halogens is 1. The Hall–Kier alpha value is -0.840. The molecule has 0 amide bonds. The largest absolute Gasteiger partial charge is 0.489 e. The van der Waals surface area contributed by atoms with E-state index >= 15 is 0 Å². The zero-order valence-corrected chi connectivity index (χ0v) is 15.2. The maximum atomic E-state index is 5.96. The molecule has 114 valence electrons. The summed E-state index contributed by atoms with van der Waals surface area (Å²) in [5, 5.41) is 3.45. The summed E-state index contributed by atoms with van der Waals surface area (Å²) in [6.45, 7) is 9.09. The molecule has 2 aromatic rings. The van der Waals surface area contributed by atoms with Crippen LogP contribution in [-0.2, 0) is 13.2 Å². The third-order valence-corrected chi connectivity index (χ3v) is 4.90. The quantitative estimate of drug-likeness (QED) is 0.678. The van der Waals surface area contributed by atoms with E-state index in [1.807, 2.05) is 23.5 Å². The lowest BCUT2D eigenvalue weighted by atomic mass is 10.2. The van der Waals surface area contributed by atoms with Crippen LogP contribution in [-0.4, -0.2) is 6.54 Å². The Kier molecular flexibility index (Phi) is 6.27. The SMILES string of the molecule is CCCNCc1cc(COc2ccc(Br)cc2C)c(C)s1. The molecular formula is C17H22BrNOS. The highest BCUT2D eigenvalue weighted by atomic mass is 79.9. The second-order valence-corrected chi connectivity index (χ2v) is 7.43. The van der Waals surface area contributed by atoms with Crippen LogP contribution in [0.5, 0.6) is 5.75 Å². The van der Waals surface area contributed by atoms with Crippen molar-refractivity contribution in [3.05, 3.63) is 49.6 Å². The van der Waals surface area contributed by atoms with Gasteiger partial charge in [0.1, 0.15) is 12.4 Å². The minimum atomic E-state index is 0.637. The van der Waals surface area contributed by atoms with Gasteiger partial charge in [0.05, 0.1) is 0 Å². The van der Waals surface area contributed by atoms with Gasteiger partial charge in [-0.1, -0.05) is 22.9 Å². The number of hydrogen-bond acceptors (Lipinski definition) is 3. The van der Waals surface area contributed by atoms with Gasteiger partial charge < -0.3 is 10.1 Å². The first kappa shape index (κ1) is 16.5. The number of thiophene rings is 1. The Balaban J connectivity index is 1.96. The minimum Gasteiger partial charge on any atom is -0.489 e. The molecule has 0 fully saturated rings. The van der Waals surface area contributed by atoms with E-state index in [0.717, 1.165) is 28.9 Å². The van der Waals surface area contributed by atoms with Gasteiger partial charge in [-0.3, -0.25) is 0 Å². The van der Waals surface area contributed by atoms with Crippen LogP contribution in [0.2, 0.25) is 0 Å². The number of aryl methyl sites for hydroxylation is 2. The smallest absolute Gasteiger partial charge is 0.122 e. The molecule has 1 aromatic carbocycles. The second-order valence-electron chi connectivity index (χ2n) is 5.17. The lowest BCUT2D eigenvalue weighted by Gasteiger charge is -2.09. The van der Waals surface area contributed by atoms with Crippen molar-refractivity contribution >= 4 is 27.3 Å². The van der Waals surface area contributed by atoms with E-state index in [4.69, 9.17) is 4.74 Å². The molecule has 1 heterocycles. The normalized spacial score (nSPS) is 10.9. The first-order valence-corrected chi connectivity index (χ1v) is 8.89. The molecule has 0 radical (unpaired) electrons. The second kappa shape index (κ2) is 7.97.